The first-order valence-corrected chi connectivity index (χ1v) is 8.90. The molecule has 1 aromatic rings. The molecule has 0 spiro atoms. The normalized spacial score (nSPS) is 17.1. The lowest BCUT2D eigenvalue weighted by atomic mass is 10.1. The van der Waals surface area contributed by atoms with Crippen LogP contribution >= 0.6 is 27.7 Å². The van der Waals surface area contributed by atoms with Crippen molar-refractivity contribution in [3.05, 3.63) is 33.8 Å². The molecule has 0 amide bonds. The van der Waals surface area contributed by atoms with Crippen LogP contribution in [0.2, 0.25) is 0 Å². The summed E-state index contributed by atoms with van der Waals surface area (Å²) in [7, 11) is 0. The molecule has 1 aliphatic heterocycles. The molecule has 1 fully saturated rings. The Labute approximate surface area is 129 Å². The second kappa shape index (κ2) is 7.67. The van der Waals surface area contributed by atoms with Gasteiger partial charge in [-0.2, -0.15) is 11.8 Å². The maximum absolute atomic E-state index is 3.72. The molecule has 0 aromatic heterocycles. The van der Waals surface area contributed by atoms with Gasteiger partial charge in [-0.15, -0.1) is 0 Å². The van der Waals surface area contributed by atoms with Crippen molar-refractivity contribution in [3.8, 4) is 0 Å². The smallest absolute Gasteiger partial charge is 0.0245 e. The highest BCUT2D eigenvalue weighted by molar-refractivity contribution is 9.10. The molecule has 0 radical (unpaired) electrons. The number of hydrogen-bond acceptors (Lipinski definition) is 3. The molecule has 0 bridgehead atoms. The minimum Gasteiger partial charge on any atom is -0.310 e. The van der Waals surface area contributed by atoms with Crippen LogP contribution in [0.25, 0.3) is 0 Å². The van der Waals surface area contributed by atoms with Gasteiger partial charge in [0.15, 0.2) is 0 Å². The summed E-state index contributed by atoms with van der Waals surface area (Å²) in [6.07, 6.45) is 0. The quantitative estimate of drug-likeness (QED) is 0.881. The van der Waals surface area contributed by atoms with E-state index in [1.54, 1.807) is 0 Å². The fraction of sp³-hybridized carbons (Fsp3) is 0.600. The van der Waals surface area contributed by atoms with Crippen LogP contribution in [-0.4, -0.2) is 35.5 Å². The molecule has 2 nitrogen and oxygen atoms in total. The topological polar surface area (TPSA) is 15.3 Å². The Bertz CT molecular complexity index is 403. The fourth-order valence-corrected chi connectivity index (χ4v) is 3.68. The number of nitrogens with one attached hydrogen (secondary N) is 1. The highest BCUT2D eigenvalue weighted by Gasteiger charge is 2.12. The van der Waals surface area contributed by atoms with Crippen molar-refractivity contribution in [2.24, 2.45) is 0 Å². The van der Waals surface area contributed by atoms with Crippen LogP contribution in [0.5, 0.6) is 0 Å². The molecular formula is C15H23BrN2S. The zero-order valence-corrected chi connectivity index (χ0v) is 14.2. The van der Waals surface area contributed by atoms with Crippen molar-refractivity contribution < 1.29 is 0 Å². The van der Waals surface area contributed by atoms with E-state index in [1.165, 1.54) is 40.2 Å². The largest absolute Gasteiger partial charge is 0.310 e. The molecule has 0 saturated carbocycles. The van der Waals surface area contributed by atoms with Crippen molar-refractivity contribution in [1.29, 1.82) is 0 Å². The van der Waals surface area contributed by atoms with Crippen molar-refractivity contribution in [2.45, 2.75) is 33.0 Å². The summed E-state index contributed by atoms with van der Waals surface area (Å²) >= 11 is 5.78. The molecule has 1 saturated heterocycles. The van der Waals surface area contributed by atoms with E-state index in [2.05, 4.69) is 70.0 Å². The van der Waals surface area contributed by atoms with Gasteiger partial charge in [-0.25, -0.2) is 0 Å². The van der Waals surface area contributed by atoms with Gasteiger partial charge in [0, 0.05) is 48.2 Å². The van der Waals surface area contributed by atoms with E-state index in [4.69, 9.17) is 0 Å². The molecule has 106 valence electrons. The Hall–Kier alpha value is -0.0300. The van der Waals surface area contributed by atoms with Crippen molar-refractivity contribution in [3.63, 3.8) is 0 Å². The Morgan fingerprint density at radius 2 is 2.05 bits per heavy atom. The monoisotopic (exact) mass is 342 g/mol. The van der Waals surface area contributed by atoms with Crippen LogP contribution in [0.3, 0.4) is 0 Å². The summed E-state index contributed by atoms with van der Waals surface area (Å²) in [5.41, 5.74) is 2.75. The highest BCUT2D eigenvalue weighted by atomic mass is 79.9. The Kier molecular flexibility index (Phi) is 6.20. The van der Waals surface area contributed by atoms with Gasteiger partial charge in [-0.05, 0) is 17.2 Å². The summed E-state index contributed by atoms with van der Waals surface area (Å²) in [4.78, 5) is 2.54. The summed E-state index contributed by atoms with van der Waals surface area (Å²) in [6.45, 7) is 8.80. The van der Waals surface area contributed by atoms with Gasteiger partial charge in [-0.1, -0.05) is 41.9 Å². The van der Waals surface area contributed by atoms with Gasteiger partial charge >= 0.3 is 0 Å². The first kappa shape index (κ1) is 15.4. The maximum Gasteiger partial charge on any atom is 0.0245 e. The Balaban J connectivity index is 1.94. The maximum atomic E-state index is 3.72. The standard InChI is InChI=1S/C15H23BrN2S/c1-12(2)17-10-13-3-4-14(15(16)9-13)11-18-5-7-19-8-6-18/h3-4,9,12,17H,5-8,10-11H2,1-2H3. The first-order valence-electron chi connectivity index (χ1n) is 6.96. The van der Waals surface area contributed by atoms with E-state index in [9.17, 15) is 0 Å². The van der Waals surface area contributed by atoms with E-state index in [0.29, 0.717) is 6.04 Å². The highest BCUT2D eigenvalue weighted by Crippen LogP contribution is 2.22. The van der Waals surface area contributed by atoms with Crippen molar-refractivity contribution in [1.82, 2.24) is 10.2 Å². The predicted molar refractivity (Wildman–Crippen MR) is 88.7 cm³/mol. The molecule has 19 heavy (non-hydrogen) atoms. The van der Waals surface area contributed by atoms with E-state index < -0.39 is 0 Å². The van der Waals surface area contributed by atoms with Crippen LogP contribution in [0.1, 0.15) is 25.0 Å². The molecule has 1 heterocycles. The molecule has 1 aliphatic rings. The summed E-state index contributed by atoms with van der Waals surface area (Å²) in [6, 6.07) is 7.30. The van der Waals surface area contributed by atoms with E-state index >= 15 is 0 Å². The fourth-order valence-electron chi connectivity index (χ4n) is 2.15. The van der Waals surface area contributed by atoms with Gasteiger partial charge in [0.2, 0.25) is 0 Å². The molecular weight excluding hydrogens is 320 g/mol. The number of rotatable bonds is 5. The molecule has 0 atom stereocenters. The van der Waals surface area contributed by atoms with Crippen LogP contribution in [0.4, 0.5) is 0 Å². The molecule has 0 unspecified atom stereocenters. The third kappa shape index (κ3) is 5.10. The second-order valence-corrected chi connectivity index (χ2v) is 7.43. The minimum atomic E-state index is 0.532. The minimum absolute atomic E-state index is 0.532. The Morgan fingerprint density at radius 1 is 1.32 bits per heavy atom. The van der Waals surface area contributed by atoms with Gasteiger partial charge < -0.3 is 5.32 Å². The van der Waals surface area contributed by atoms with Gasteiger partial charge in [0.05, 0.1) is 0 Å². The summed E-state index contributed by atoms with van der Waals surface area (Å²) in [5, 5.41) is 3.46. The number of thioether (sulfide) groups is 1. The van der Waals surface area contributed by atoms with E-state index in [1.807, 2.05) is 0 Å². The lowest BCUT2D eigenvalue weighted by Crippen LogP contribution is -2.32. The number of nitrogens with zero attached hydrogens (tertiary/aromatic N) is 1. The van der Waals surface area contributed by atoms with Gasteiger partial charge in [-0.3, -0.25) is 4.90 Å². The first-order chi connectivity index (χ1) is 9.15. The third-order valence-corrected chi connectivity index (χ3v) is 5.01. The molecule has 1 aromatic carbocycles. The van der Waals surface area contributed by atoms with Gasteiger partial charge in [0.25, 0.3) is 0 Å². The van der Waals surface area contributed by atoms with Crippen molar-refractivity contribution in [2.75, 3.05) is 24.6 Å². The lowest BCUT2D eigenvalue weighted by molar-refractivity contribution is 0.294. The molecule has 1 N–H and O–H groups in total. The van der Waals surface area contributed by atoms with Crippen LogP contribution in [0.15, 0.2) is 22.7 Å². The predicted octanol–water partition coefficient (Wildman–Crippen LogP) is 3.50. The molecule has 0 aliphatic carbocycles. The average molecular weight is 343 g/mol. The number of benzene rings is 1. The zero-order valence-electron chi connectivity index (χ0n) is 11.8. The summed E-state index contributed by atoms with van der Waals surface area (Å²) < 4.78 is 1.24. The third-order valence-electron chi connectivity index (χ3n) is 3.33. The van der Waals surface area contributed by atoms with Crippen LogP contribution < -0.4 is 5.32 Å². The summed E-state index contributed by atoms with van der Waals surface area (Å²) in [5.74, 6) is 2.54. The zero-order chi connectivity index (χ0) is 13.7. The Morgan fingerprint density at radius 3 is 2.68 bits per heavy atom. The van der Waals surface area contributed by atoms with Gasteiger partial charge in [0.1, 0.15) is 0 Å². The van der Waals surface area contributed by atoms with Crippen molar-refractivity contribution >= 4 is 27.7 Å². The lowest BCUT2D eigenvalue weighted by Gasteiger charge is -2.26. The molecule has 2 rings (SSSR count). The van der Waals surface area contributed by atoms with E-state index in [-0.39, 0.29) is 0 Å². The second-order valence-electron chi connectivity index (χ2n) is 5.35. The van der Waals surface area contributed by atoms with Crippen LogP contribution in [0, 0.1) is 0 Å². The SMILES string of the molecule is CC(C)NCc1ccc(CN2CCSCC2)c(Br)c1. The number of hydrogen-bond donors (Lipinski definition) is 1. The molecule has 4 heteroatoms. The average Bonchev–Trinajstić information content (AvgIpc) is 2.40. The number of halogens is 1. The van der Waals surface area contributed by atoms with E-state index in [0.717, 1.165) is 13.1 Å². The van der Waals surface area contributed by atoms with Crippen LogP contribution in [-0.2, 0) is 13.1 Å².